The minimum Gasteiger partial charge on any atom is -0.462 e. The SMILES string of the molecule is C=CCn1c(SCC(=O)Nc2scc(-c3ccccc3)c2C(=O)OCC)nnc1-c1ccc(N(CC)CC)cc1. The van der Waals surface area contributed by atoms with E-state index in [1.54, 1.807) is 13.0 Å². The Balaban J connectivity index is 1.50. The number of esters is 1. The second-order valence-electron chi connectivity index (χ2n) is 8.70. The van der Waals surface area contributed by atoms with Crippen LogP contribution in [-0.4, -0.2) is 52.1 Å². The molecular formula is C30H33N5O3S2. The van der Waals surface area contributed by atoms with Crippen molar-refractivity contribution in [2.75, 3.05) is 35.7 Å². The van der Waals surface area contributed by atoms with E-state index in [1.807, 2.05) is 52.4 Å². The maximum atomic E-state index is 13.0. The predicted octanol–water partition coefficient (Wildman–Crippen LogP) is 6.61. The van der Waals surface area contributed by atoms with E-state index >= 15 is 0 Å². The highest BCUT2D eigenvalue weighted by atomic mass is 32.2. The molecule has 0 aliphatic carbocycles. The number of hydrogen-bond acceptors (Lipinski definition) is 8. The molecule has 2 heterocycles. The summed E-state index contributed by atoms with van der Waals surface area (Å²) < 4.78 is 7.24. The molecule has 1 amide bonds. The molecule has 4 aromatic rings. The van der Waals surface area contributed by atoms with Crippen LogP contribution < -0.4 is 10.2 Å². The number of allylic oxidation sites excluding steroid dienone is 1. The van der Waals surface area contributed by atoms with Gasteiger partial charge in [-0.2, -0.15) is 0 Å². The number of nitrogens with zero attached hydrogens (tertiary/aromatic N) is 4. The first-order valence-electron chi connectivity index (χ1n) is 13.2. The van der Waals surface area contributed by atoms with Gasteiger partial charge in [0, 0.05) is 41.8 Å². The van der Waals surface area contributed by atoms with Crippen molar-refractivity contribution < 1.29 is 14.3 Å². The predicted molar refractivity (Wildman–Crippen MR) is 164 cm³/mol. The van der Waals surface area contributed by atoms with Crippen molar-refractivity contribution in [2.24, 2.45) is 0 Å². The molecule has 0 atom stereocenters. The quantitative estimate of drug-likeness (QED) is 0.109. The number of carbonyl (C=O) groups is 2. The largest absolute Gasteiger partial charge is 0.462 e. The van der Waals surface area contributed by atoms with Crippen molar-refractivity contribution in [3.63, 3.8) is 0 Å². The molecule has 0 bridgehead atoms. The number of anilines is 2. The van der Waals surface area contributed by atoms with E-state index in [1.165, 1.54) is 23.1 Å². The fourth-order valence-corrected chi connectivity index (χ4v) is 6.01. The van der Waals surface area contributed by atoms with Crippen LogP contribution in [0.1, 0.15) is 31.1 Å². The van der Waals surface area contributed by atoms with Gasteiger partial charge in [-0.15, -0.1) is 28.1 Å². The summed E-state index contributed by atoms with van der Waals surface area (Å²) in [6.07, 6.45) is 1.78. The minimum absolute atomic E-state index is 0.0943. The number of aromatic nitrogens is 3. The second-order valence-corrected chi connectivity index (χ2v) is 10.5. The Kier molecular flexibility index (Phi) is 10.2. The molecule has 1 N–H and O–H groups in total. The van der Waals surface area contributed by atoms with Gasteiger partial charge in [0.2, 0.25) is 5.91 Å². The molecule has 40 heavy (non-hydrogen) atoms. The molecule has 0 saturated carbocycles. The number of nitrogens with one attached hydrogen (secondary N) is 1. The van der Waals surface area contributed by atoms with Gasteiger partial charge in [-0.1, -0.05) is 48.2 Å². The summed E-state index contributed by atoms with van der Waals surface area (Å²) in [5.41, 5.74) is 4.07. The van der Waals surface area contributed by atoms with E-state index < -0.39 is 5.97 Å². The average molecular weight is 576 g/mol. The van der Waals surface area contributed by atoms with E-state index in [9.17, 15) is 9.59 Å². The normalized spacial score (nSPS) is 10.8. The molecule has 8 nitrogen and oxygen atoms in total. The van der Waals surface area contributed by atoms with E-state index in [-0.39, 0.29) is 18.3 Å². The number of hydrogen-bond donors (Lipinski definition) is 1. The number of rotatable bonds is 13. The van der Waals surface area contributed by atoms with Crippen LogP contribution in [0.5, 0.6) is 0 Å². The molecule has 0 fully saturated rings. The van der Waals surface area contributed by atoms with Crippen LogP contribution in [0.2, 0.25) is 0 Å². The molecule has 10 heteroatoms. The highest BCUT2D eigenvalue weighted by Crippen LogP contribution is 2.36. The third kappa shape index (κ3) is 6.63. The Morgan fingerprint density at radius 1 is 1.05 bits per heavy atom. The molecule has 4 rings (SSSR count). The molecule has 0 spiro atoms. The Morgan fingerprint density at radius 3 is 2.42 bits per heavy atom. The van der Waals surface area contributed by atoms with Crippen molar-refractivity contribution in [3.8, 4) is 22.5 Å². The van der Waals surface area contributed by atoms with E-state index in [0.717, 1.165) is 35.5 Å². The lowest BCUT2D eigenvalue weighted by atomic mass is 10.0. The number of benzene rings is 2. The van der Waals surface area contributed by atoms with Gasteiger partial charge in [0.25, 0.3) is 0 Å². The molecule has 0 saturated heterocycles. The van der Waals surface area contributed by atoms with Gasteiger partial charge >= 0.3 is 5.97 Å². The third-order valence-corrected chi connectivity index (χ3v) is 8.09. The van der Waals surface area contributed by atoms with E-state index in [2.05, 4.69) is 53.0 Å². The fourth-order valence-electron chi connectivity index (χ4n) is 4.29. The summed E-state index contributed by atoms with van der Waals surface area (Å²) in [6.45, 7) is 12.5. The minimum atomic E-state index is -0.465. The molecule has 0 aliphatic rings. The van der Waals surface area contributed by atoms with Gasteiger partial charge in [-0.05, 0) is 50.6 Å². The van der Waals surface area contributed by atoms with Crippen LogP contribution in [0.3, 0.4) is 0 Å². The molecule has 2 aromatic heterocycles. The fraction of sp³-hybridized carbons (Fsp3) is 0.267. The van der Waals surface area contributed by atoms with Crippen LogP contribution >= 0.6 is 23.1 Å². The first-order chi connectivity index (χ1) is 19.5. The van der Waals surface area contributed by atoms with Crippen molar-refractivity contribution in [2.45, 2.75) is 32.5 Å². The number of ether oxygens (including phenoxy) is 1. The maximum Gasteiger partial charge on any atom is 0.341 e. The van der Waals surface area contributed by atoms with Crippen molar-refractivity contribution in [3.05, 3.63) is 78.2 Å². The summed E-state index contributed by atoms with van der Waals surface area (Å²) in [4.78, 5) is 28.1. The van der Waals surface area contributed by atoms with Crippen LogP contribution in [0.25, 0.3) is 22.5 Å². The van der Waals surface area contributed by atoms with Crippen LogP contribution in [0.4, 0.5) is 10.7 Å². The Morgan fingerprint density at radius 2 is 1.77 bits per heavy atom. The second kappa shape index (κ2) is 14.0. The molecule has 2 aromatic carbocycles. The van der Waals surface area contributed by atoms with Gasteiger partial charge in [0.15, 0.2) is 11.0 Å². The lowest BCUT2D eigenvalue weighted by Gasteiger charge is -2.21. The molecule has 0 radical (unpaired) electrons. The Hall–Kier alpha value is -3.89. The molecule has 0 unspecified atom stereocenters. The number of amides is 1. The molecule has 208 valence electrons. The topological polar surface area (TPSA) is 89.3 Å². The van der Waals surface area contributed by atoms with E-state index in [4.69, 9.17) is 4.74 Å². The maximum absolute atomic E-state index is 13.0. The summed E-state index contributed by atoms with van der Waals surface area (Å²) in [7, 11) is 0. The van der Waals surface area contributed by atoms with Gasteiger partial charge < -0.3 is 15.0 Å². The lowest BCUT2D eigenvalue weighted by molar-refractivity contribution is -0.113. The monoisotopic (exact) mass is 575 g/mol. The standard InChI is InChI=1S/C30H33N5O3S2/c1-5-18-35-27(22-14-16-23(17-15-22)34(6-2)7-3)32-33-30(35)40-20-25(36)31-28-26(29(37)38-8-4)24(19-39-28)21-12-10-9-11-13-21/h5,9-17,19H,1,6-8,18,20H2,2-4H3,(H,31,36). The van der Waals surface area contributed by atoms with Crippen LogP contribution in [0.15, 0.2) is 77.8 Å². The van der Waals surface area contributed by atoms with Gasteiger partial charge in [0.05, 0.1) is 12.4 Å². The smallest absolute Gasteiger partial charge is 0.341 e. The first kappa shape index (κ1) is 29.1. The van der Waals surface area contributed by atoms with Crippen molar-refractivity contribution >= 4 is 45.7 Å². The third-order valence-electron chi connectivity index (χ3n) is 6.22. The Labute approximate surface area is 243 Å². The zero-order valence-corrected chi connectivity index (χ0v) is 24.6. The van der Waals surface area contributed by atoms with Gasteiger partial charge in [-0.3, -0.25) is 9.36 Å². The average Bonchev–Trinajstić information content (AvgIpc) is 3.58. The highest BCUT2D eigenvalue weighted by molar-refractivity contribution is 7.99. The summed E-state index contributed by atoms with van der Waals surface area (Å²) >= 11 is 2.58. The summed E-state index contributed by atoms with van der Waals surface area (Å²) in [5.74, 6) is 0.0873. The summed E-state index contributed by atoms with van der Waals surface area (Å²) in [6, 6.07) is 17.8. The zero-order valence-electron chi connectivity index (χ0n) is 22.9. The number of carbonyl (C=O) groups excluding carboxylic acids is 2. The van der Waals surface area contributed by atoms with Crippen molar-refractivity contribution in [1.82, 2.24) is 14.8 Å². The number of thiophene rings is 1. The lowest BCUT2D eigenvalue weighted by Crippen LogP contribution is -2.21. The Bertz CT molecular complexity index is 1440. The van der Waals surface area contributed by atoms with Crippen LogP contribution in [0, 0.1) is 0 Å². The van der Waals surface area contributed by atoms with Crippen LogP contribution in [-0.2, 0) is 16.1 Å². The van der Waals surface area contributed by atoms with Gasteiger partial charge in [0.1, 0.15) is 10.6 Å². The van der Waals surface area contributed by atoms with Crippen molar-refractivity contribution in [1.29, 1.82) is 0 Å². The van der Waals surface area contributed by atoms with Gasteiger partial charge in [-0.25, -0.2) is 4.79 Å². The zero-order chi connectivity index (χ0) is 28.5. The number of thioether (sulfide) groups is 1. The first-order valence-corrected chi connectivity index (χ1v) is 15.0. The van der Waals surface area contributed by atoms with E-state index in [0.29, 0.717) is 28.1 Å². The molecule has 0 aliphatic heterocycles. The summed E-state index contributed by atoms with van der Waals surface area (Å²) in [5, 5.41) is 14.6. The highest BCUT2D eigenvalue weighted by Gasteiger charge is 2.23. The molecular weight excluding hydrogens is 542 g/mol.